The van der Waals surface area contributed by atoms with Crippen LogP contribution in [0.5, 0.6) is 11.5 Å². The molecule has 0 aliphatic heterocycles. The molecule has 0 heterocycles. The zero-order valence-electron chi connectivity index (χ0n) is 16.0. The van der Waals surface area contributed by atoms with Gasteiger partial charge in [0.05, 0.1) is 5.56 Å². The van der Waals surface area contributed by atoms with Crippen molar-refractivity contribution in [2.75, 3.05) is 0 Å². The zero-order chi connectivity index (χ0) is 22.0. The maximum Gasteiger partial charge on any atom is 0.573 e. The van der Waals surface area contributed by atoms with E-state index in [2.05, 4.69) is 4.74 Å². The van der Waals surface area contributed by atoms with Crippen molar-refractivity contribution in [2.24, 2.45) is 0 Å². The molecule has 0 amide bonds. The summed E-state index contributed by atoms with van der Waals surface area (Å²) >= 11 is 0. The number of carbonyl (C=O) groups excluding carboxylic acids is 2. The number of benzene rings is 3. The van der Waals surface area contributed by atoms with Gasteiger partial charge in [0, 0.05) is 17.6 Å². The van der Waals surface area contributed by atoms with E-state index in [1.54, 1.807) is 36.4 Å². The second kappa shape index (κ2) is 8.10. The van der Waals surface area contributed by atoms with Gasteiger partial charge in [-0.2, -0.15) is 0 Å². The lowest BCUT2D eigenvalue weighted by Crippen LogP contribution is -2.17. The van der Waals surface area contributed by atoms with Gasteiger partial charge in [-0.15, -0.1) is 13.2 Å². The number of carbonyl (C=O) groups is 2. The fourth-order valence-corrected chi connectivity index (χ4v) is 3.33. The SMILES string of the molecule is O=C(Oc1cccc(/C=C2\Cc3ccccc3C2=O)c1)c1cccc(OC(F)(F)F)c1. The van der Waals surface area contributed by atoms with Gasteiger partial charge in [-0.1, -0.05) is 42.5 Å². The number of rotatable bonds is 4. The summed E-state index contributed by atoms with van der Waals surface area (Å²) in [4.78, 5) is 24.9. The molecule has 0 bridgehead atoms. The van der Waals surface area contributed by atoms with Crippen molar-refractivity contribution in [3.63, 3.8) is 0 Å². The topological polar surface area (TPSA) is 52.6 Å². The van der Waals surface area contributed by atoms with Crippen LogP contribution in [0.1, 0.15) is 31.8 Å². The van der Waals surface area contributed by atoms with Crippen LogP contribution < -0.4 is 9.47 Å². The molecule has 0 unspecified atom stereocenters. The Labute approximate surface area is 175 Å². The fourth-order valence-electron chi connectivity index (χ4n) is 3.33. The third kappa shape index (κ3) is 4.83. The van der Waals surface area contributed by atoms with Gasteiger partial charge in [0.15, 0.2) is 5.78 Å². The third-order valence-corrected chi connectivity index (χ3v) is 4.65. The summed E-state index contributed by atoms with van der Waals surface area (Å²) < 4.78 is 46.3. The maximum atomic E-state index is 12.5. The largest absolute Gasteiger partial charge is 0.573 e. The van der Waals surface area contributed by atoms with Crippen molar-refractivity contribution in [3.05, 3.63) is 101 Å². The predicted octanol–water partition coefficient (Wildman–Crippen LogP) is 5.63. The van der Waals surface area contributed by atoms with Crippen molar-refractivity contribution in [2.45, 2.75) is 12.8 Å². The zero-order valence-corrected chi connectivity index (χ0v) is 16.0. The number of alkyl halides is 3. The van der Waals surface area contributed by atoms with Crippen molar-refractivity contribution in [3.8, 4) is 11.5 Å². The van der Waals surface area contributed by atoms with E-state index in [-0.39, 0.29) is 17.1 Å². The van der Waals surface area contributed by atoms with Crippen LogP contribution in [0.3, 0.4) is 0 Å². The lowest BCUT2D eigenvalue weighted by atomic mass is 10.1. The van der Waals surface area contributed by atoms with Crippen LogP contribution in [0, 0.1) is 0 Å². The molecule has 0 spiro atoms. The molecule has 0 aromatic heterocycles. The molecule has 0 atom stereocenters. The molecule has 1 aliphatic carbocycles. The molecule has 0 radical (unpaired) electrons. The van der Waals surface area contributed by atoms with Crippen molar-refractivity contribution in [1.29, 1.82) is 0 Å². The van der Waals surface area contributed by atoms with Crippen LogP contribution in [0.2, 0.25) is 0 Å². The standard InChI is InChI=1S/C24H15F3O4/c25-24(26,27)31-20-9-4-7-17(14-20)23(29)30-19-8-3-5-15(12-19)11-18-13-16-6-1-2-10-21(16)22(18)28/h1-12,14H,13H2/b18-11+. The quantitative estimate of drug-likeness (QED) is 0.310. The Morgan fingerprint density at radius 3 is 2.42 bits per heavy atom. The molecular weight excluding hydrogens is 409 g/mol. The summed E-state index contributed by atoms with van der Waals surface area (Å²) in [6.45, 7) is 0. The molecule has 3 aromatic carbocycles. The Kier molecular flexibility index (Phi) is 5.33. The number of allylic oxidation sites excluding steroid dienone is 1. The molecule has 1 aliphatic rings. The van der Waals surface area contributed by atoms with E-state index in [4.69, 9.17) is 4.74 Å². The normalized spacial score (nSPS) is 14.4. The van der Waals surface area contributed by atoms with Crippen LogP contribution in [0.15, 0.2) is 78.4 Å². The number of ether oxygens (including phenoxy) is 2. The van der Waals surface area contributed by atoms with Crippen molar-refractivity contribution < 1.29 is 32.2 Å². The van der Waals surface area contributed by atoms with Crippen LogP contribution in [-0.4, -0.2) is 18.1 Å². The molecule has 4 nitrogen and oxygen atoms in total. The lowest BCUT2D eigenvalue weighted by molar-refractivity contribution is -0.274. The molecule has 7 heteroatoms. The van der Waals surface area contributed by atoms with Crippen LogP contribution in [0.25, 0.3) is 6.08 Å². The summed E-state index contributed by atoms with van der Waals surface area (Å²) in [6, 6.07) is 18.6. The number of Topliss-reactive ketones (excluding diaryl/α,β-unsaturated/α-hetero) is 1. The van der Waals surface area contributed by atoms with E-state index in [0.717, 1.165) is 17.7 Å². The second-order valence-corrected chi connectivity index (χ2v) is 6.87. The molecule has 4 rings (SSSR count). The average molecular weight is 424 g/mol. The van der Waals surface area contributed by atoms with Gasteiger partial charge in [0.2, 0.25) is 0 Å². The van der Waals surface area contributed by atoms with Gasteiger partial charge in [0.25, 0.3) is 0 Å². The first-order valence-electron chi connectivity index (χ1n) is 9.30. The monoisotopic (exact) mass is 424 g/mol. The van der Waals surface area contributed by atoms with E-state index in [9.17, 15) is 22.8 Å². The third-order valence-electron chi connectivity index (χ3n) is 4.65. The summed E-state index contributed by atoms with van der Waals surface area (Å²) in [7, 11) is 0. The Bertz CT molecular complexity index is 1200. The minimum absolute atomic E-state index is 0.0422. The van der Waals surface area contributed by atoms with E-state index in [1.807, 2.05) is 18.2 Å². The highest BCUT2D eigenvalue weighted by molar-refractivity contribution is 6.15. The van der Waals surface area contributed by atoms with Crippen LogP contribution in [0.4, 0.5) is 13.2 Å². The van der Waals surface area contributed by atoms with E-state index < -0.39 is 18.1 Å². The summed E-state index contributed by atoms with van der Waals surface area (Å²) in [5.41, 5.74) is 2.84. The van der Waals surface area contributed by atoms with Gasteiger partial charge in [-0.3, -0.25) is 4.79 Å². The molecule has 0 saturated carbocycles. The van der Waals surface area contributed by atoms with E-state index in [0.29, 0.717) is 23.1 Å². The number of ketones is 1. The maximum absolute atomic E-state index is 12.5. The Morgan fingerprint density at radius 1 is 0.903 bits per heavy atom. The minimum atomic E-state index is -4.86. The predicted molar refractivity (Wildman–Crippen MR) is 107 cm³/mol. The highest BCUT2D eigenvalue weighted by Crippen LogP contribution is 2.28. The molecular formula is C24H15F3O4. The summed E-state index contributed by atoms with van der Waals surface area (Å²) in [6.07, 6.45) is -2.61. The van der Waals surface area contributed by atoms with E-state index >= 15 is 0 Å². The van der Waals surface area contributed by atoms with Gasteiger partial charge in [-0.05, 0) is 47.5 Å². The Morgan fingerprint density at radius 2 is 1.65 bits per heavy atom. The minimum Gasteiger partial charge on any atom is -0.423 e. The van der Waals surface area contributed by atoms with Crippen molar-refractivity contribution >= 4 is 17.8 Å². The number of fused-ring (bicyclic) bond motifs is 1. The second-order valence-electron chi connectivity index (χ2n) is 6.87. The van der Waals surface area contributed by atoms with Gasteiger partial charge >= 0.3 is 12.3 Å². The molecule has 156 valence electrons. The number of esters is 1. The molecule has 31 heavy (non-hydrogen) atoms. The fraction of sp³-hybridized carbons (Fsp3) is 0.0833. The van der Waals surface area contributed by atoms with Gasteiger partial charge in [-0.25, -0.2) is 4.79 Å². The first kappa shape index (κ1) is 20.4. The summed E-state index contributed by atoms with van der Waals surface area (Å²) in [5.74, 6) is -1.19. The van der Waals surface area contributed by atoms with Crippen molar-refractivity contribution in [1.82, 2.24) is 0 Å². The molecule has 0 saturated heterocycles. The number of halogens is 3. The first-order valence-corrected chi connectivity index (χ1v) is 9.30. The molecule has 0 fully saturated rings. The highest BCUT2D eigenvalue weighted by Gasteiger charge is 2.31. The average Bonchev–Trinajstić information content (AvgIpc) is 3.03. The number of hydrogen-bond acceptors (Lipinski definition) is 4. The lowest BCUT2D eigenvalue weighted by Gasteiger charge is -2.10. The van der Waals surface area contributed by atoms with Crippen LogP contribution >= 0.6 is 0 Å². The van der Waals surface area contributed by atoms with E-state index in [1.165, 1.54) is 12.1 Å². The summed E-state index contributed by atoms with van der Waals surface area (Å²) in [5, 5.41) is 0. The molecule has 3 aromatic rings. The Balaban J connectivity index is 1.50. The Hall–Kier alpha value is -3.87. The van der Waals surface area contributed by atoms with Gasteiger partial charge < -0.3 is 9.47 Å². The van der Waals surface area contributed by atoms with Gasteiger partial charge in [0.1, 0.15) is 11.5 Å². The first-order chi connectivity index (χ1) is 14.8. The number of hydrogen-bond donors (Lipinski definition) is 0. The molecule has 0 N–H and O–H groups in total. The highest BCUT2D eigenvalue weighted by atomic mass is 19.4. The van der Waals surface area contributed by atoms with Crippen LogP contribution in [-0.2, 0) is 6.42 Å². The smallest absolute Gasteiger partial charge is 0.423 e.